The number of ether oxygens (including phenoxy) is 2. The fourth-order valence-electron chi connectivity index (χ4n) is 3.43. The van der Waals surface area contributed by atoms with E-state index in [1.807, 2.05) is 0 Å². The first kappa shape index (κ1) is 29.2. The highest BCUT2D eigenvalue weighted by atomic mass is 31.2. The largest absolute Gasteiger partial charge is 0.530 e. The van der Waals surface area contributed by atoms with Crippen LogP contribution in [0.15, 0.2) is 41.3 Å². The third-order valence-corrected chi connectivity index (χ3v) is 6.79. The summed E-state index contributed by atoms with van der Waals surface area (Å²) in [7, 11) is -4.58. The Morgan fingerprint density at radius 1 is 1.37 bits per heavy atom. The van der Waals surface area contributed by atoms with Crippen LogP contribution in [0.2, 0.25) is 0 Å². The number of carbonyl (C=O) groups is 1. The van der Waals surface area contributed by atoms with E-state index in [2.05, 4.69) is 10.9 Å². The molecule has 6 atom stereocenters. The first-order chi connectivity index (χ1) is 17.8. The molecule has 0 saturated carbocycles. The lowest BCUT2D eigenvalue weighted by atomic mass is 9.92. The van der Waals surface area contributed by atoms with Gasteiger partial charge in [-0.3, -0.25) is 13.6 Å². The van der Waals surface area contributed by atoms with Gasteiger partial charge in [0.2, 0.25) is 0 Å². The second-order valence-corrected chi connectivity index (χ2v) is 10.1. The number of halogens is 1. The van der Waals surface area contributed by atoms with Gasteiger partial charge in [-0.1, -0.05) is 24.1 Å². The van der Waals surface area contributed by atoms with Crippen molar-refractivity contribution < 1.29 is 41.9 Å². The second-order valence-electron chi connectivity index (χ2n) is 8.59. The molecular weight excluding hydrogens is 526 g/mol. The third-order valence-electron chi connectivity index (χ3n) is 5.32. The number of rotatable bonds is 10. The third kappa shape index (κ3) is 6.39. The summed E-state index contributed by atoms with van der Waals surface area (Å²) < 4.78 is 55.1. The van der Waals surface area contributed by atoms with E-state index in [4.69, 9.17) is 40.9 Å². The molecule has 0 aliphatic carbocycles. The number of hydrogen-bond acceptors (Lipinski definition) is 12. The number of esters is 1. The maximum Gasteiger partial charge on any atom is 0.530 e. The number of benzene rings is 1. The number of phosphoric ester groups is 1. The minimum atomic E-state index is -4.58. The van der Waals surface area contributed by atoms with Crippen LogP contribution in [0.1, 0.15) is 27.0 Å². The van der Waals surface area contributed by atoms with Crippen LogP contribution in [0.4, 0.5) is 10.2 Å². The number of nitrogen functional groups attached to an aromatic ring is 1. The molecule has 15 heteroatoms. The zero-order chi connectivity index (χ0) is 28.3. The predicted octanol–water partition coefficient (Wildman–Crippen LogP) is 1.11. The number of nitrogens with zero attached hydrogens (tertiary/aromatic N) is 2. The summed E-state index contributed by atoms with van der Waals surface area (Å²) in [4.78, 5) is 27.9. The number of hydrogen-bond donors (Lipinski definition) is 3. The Hall–Kier alpha value is -3.31. The first-order valence-electron chi connectivity index (χ1n) is 11.3. The summed E-state index contributed by atoms with van der Waals surface area (Å²) in [6.45, 7) is 3.82. The Bertz CT molecular complexity index is 1300. The van der Waals surface area contributed by atoms with Crippen molar-refractivity contribution in [2.45, 2.75) is 57.0 Å². The molecule has 3 rings (SSSR count). The SMILES string of the molecule is C#CC1(N)C(O)[C@@H](CO[P@](=O)(Oc2ccccc2)O[C@@H](C)C(=O)OC(C)C)O[C@H]1n1cc(F)c(N)nc1=O. The van der Waals surface area contributed by atoms with Crippen molar-refractivity contribution in [1.29, 1.82) is 0 Å². The summed E-state index contributed by atoms with van der Waals surface area (Å²) in [6, 6.07) is 7.80. The first-order valence-corrected chi connectivity index (χ1v) is 12.8. The lowest BCUT2D eigenvalue weighted by molar-refractivity contribution is -0.156. The van der Waals surface area contributed by atoms with E-state index in [1.54, 1.807) is 32.0 Å². The molecule has 2 unspecified atom stereocenters. The van der Waals surface area contributed by atoms with E-state index in [0.29, 0.717) is 10.8 Å². The second kappa shape index (κ2) is 11.6. The van der Waals surface area contributed by atoms with Crippen LogP contribution in [-0.2, 0) is 27.9 Å². The number of aliphatic hydroxyl groups excluding tert-OH is 1. The van der Waals surface area contributed by atoms with Crippen LogP contribution in [0.3, 0.4) is 0 Å². The van der Waals surface area contributed by atoms with E-state index in [1.165, 1.54) is 19.1 Å². The van der Waals surface area contributed by atoms with Crippen LogP contribution in [0, 0.1) is 18.2 Å². The van der Waals surface area contributed by atoms with Crippen molar-refractivity contribution in [3.63, 3.8) is 0 Å². The van der Waals surface area contributed by atoms with Gasteiger partial charge in [0.05, 0.1) is 18.9 Å². The molecule has 1 aromatic heterocycles. The number of phosphoric acid groups is 1. The summed E-state index contributed by atoms with van der Waals surface area (Å²) >= 11 is 0. The van der Waals surface area contributed by atoms with E-state index in [9.17, 15) is 23.7 Å². The average molecular weight is 554 g/mol. The minimum absolute atomic E-state index is 0.0813. The number of aliphatic hydroxyl groups is 1. The van der Waals surface area contributed by atoms with Gasteiger partial charge in [-0.2, -0.15) is 4.98 Å². The minimum Gasteiger partial charge on any atom is -0.461 e. The van der Waals surface area contributed by atoms with Crippen LogP contribution >= 0.6 is 7.82 Å². The van der Waals surface area contributed by atoms with Crippen molar-refractivity contribution in [2.75, 3.05) is 12.3 Å². The highest BCUT2D eigenvalue weighted by Crippen LogP contribution is 2.51. The molecule has 13 nitrogen and oxygen atoms in total. The van der Waals surface area contributed by atoms with Crippen molar-refractivity contribution in [3.05, 3.63) is 52.8 Å². The Morgan fingerprint density at radius 2 is 2.03 bits per heavy atom. The molecule has 38 heavy (non-hydrogen) atoms. The lowest BCUT2D eigenvalue weighted by Gasteiger charge is -2.27. The zero-order valence-corrected chi connectivity index (χ0v) is 21.6. The van der Waals surface area contributed by atoms with Gasteiger partial charge in [0.25, 0.3) is 0 Å². The summed E-state index contributed by atoms with van der Waals surface area (Å²) in [6.07, 6.45) is -0.381. The molecule has 1 aliphatic heterocycles. The van der Waals surface area contributed by atoms with Gasteiger partial charge in [0, 0.05) is 0 Å². The van der Waals surface area contributed by atoms with Gasteiger partial charge in [0.1, 0.15) is 18.0 Å². The number of para-hydroxylation sites is 1. The standard InChI is InChI=1S/C23H28FN4O9P/c1-5-23(26)18(29)17(35-21(23)28-11-16(24)19(25)27-22(28)31)12-33-38(32,37-15-9-7-6-8-10-15)36-14(4)20(30)34-13(2)3/h1,6-11,13-14,17-18,21,29H,12,26H2,2-4H3,(H2,25,27,31)/t14-,17+,18?,21+,23?,38-/m0/s1. The van der Waals surface area contributed by atoms with Gasteiger partial charge >= 0.3 is 19.5 Å². The fourth-order valence-corrected chi connectivity index (χ4v) is 4.77. The van der Waals surface area contributed by atoms with E-state index < -0.39 is 73.9 Å². The van der Waals surface area contributed by atoms with Crippen molar-refractivity contribution in [2.24, 2.45) is 5.73 Å². The molecule has 0 amide bonds. The highest BCUT2D eigenvalue weighted by Gasteiger charge is 2.55. The molecule has 2 aromatic rings. The molecule has 0 radical (unpaired) electrons. The maximum atomic E-state index is 14.0. The van der Waals surface area contributed by atoms with Crippen LogP contribution < -0.4 is 21.7 Å². The molecule has 5 N–H and O–H groups in total. The van der Waals surface area contributed by atoms with E-state index in [0.717, 1.165) is 0 Å². The Labute approximate surface area is 217 Å². The zero-order valence-electron chi connectivity index (χ0n) is 20.7. The predicted molar refractivity (Wildman–Crippen MR) is 131 cm³/mol. The Balaban J connectivity index is 1.85. The van der Waals surface area contributed by atoms with E-state index >= 15 is 0 Å². The lowest BCUT2D eigenvalue weighted by Crippen LogP contribution is -2.55. The van der Waals surface area contributed by atoms with Crippen molar-refractivity contribution in [3.8, 4) is 18.1 Å². The highest BCUT2D eigenvalue weighted by molar-refractivity contribution is 7.49. The Morgan fingerprint density at radius 3 is 2.63 bits per heavy atom. The average Bonchev–Trinajstić information content (AvgIpc) is 3.10. The molecular formula is C23H28FN4O9P. The number of nitrogens with two attached hydrogens (primary N) is 2. The van der Waals surface area contributed by atoms with Gasteiger partial charge in [-0.15, -0.1) is 6.42 Å². The number of anilines is 1. The van der Waals surface area contributed by atoms with Crippen LogP contribution in [0.25, 0.3) is 0 Å². The summed E-state index contributed by atoms with van der Waals surface area (Å²) in [5, 5.41) is 10.8. The van der Waals surface area contributed by atoms with Gasteiger partial charge in [-0.05, 0) is 32.9 Å². The summed E-state index contributed by atoms with van der Waals surface area (Å²) in [5.41, 5.74) is 8.35. The smallest absolute Gasteiger partial charge is 0.461 e. The molecule has 1 aromatic carbocycles. The summed E-state index contributed by atoms with van der Waals surface area (Å²) in [5.74, 6) is -0.319. The Kier molecular flexibility index (Phi) is 8.94. The van der Waals surface area contributed by atoms with Crippen molar-refractivity contribution >= 4 is 19.6 Å². The monoisotopic (exact) mass is 554 g/mol. The van der Waals surface area contributed by atoms with Gasteiger partial charge in [-0.25, -0.2) is 18.5 Å². The van der Waals surface area contributed by atoms with Crippen LogP contribution in [0.5, 0.6) is 5.75 Å². The normalized spacial score (nSPS) is 25.4. The number of aromatic nitrogens is 2. The van der Waals surface area contributed by atoms with Crippen LogP contribution in [-0.4, -0.2) is 57.2 Å². The maximum absolute atomic E-state index is 14.0. The molecule has 0 bridgehead atoms. The molecule has 0 spiro atoms. The number of carbonyl (C=O) groups excluding carboxylic acids is 1. The van der Waals surface area contributed by atoms with Gasteiger partial charge in [0.15, 0.2) is 29.5 Å². The molecule has 206 valence electrons. The number of terminal acetylenes is 1. The molecule has 1 saturated heterocycles. The molecule has 1 fully saturated rings. The quantitative estimate of drug-likeness (QED) is 0.216. The molecule has 1 aliphatic rings. The van der Waals surface area contributed by atoms with Crippen molar-refractivity contribution in [1.82, 2.24) is 9.55 Å². The molecule has 2 heterocycles. The van der Waals surface area contributed by atoms with E-state index in [-0.39, 0.29) is 5.75 Å². The fraction of sp³-hybridized carbons (Fsp3) is 0.435. The van der Waals surface area contributed by atoms with Gasteiger partial charge < -0.3 is 30.6 Å². The topological polar surface area (TPSA) is 187 Å².